The number of aliphatic hydroxyl groups excluding tert-OH is 1. The van der Waals surface area contributed by atoms with E-state index in [2.05, 4.69) is 20.8 Å². The molecule has 252 valence electrons. The lowest BCUT2D eigenvalue weighted by molar-refractivity contribution is 0.0446. The second-order valence-corrected chi connectivity index (χ2v) is 13.4. The van der Waals surface area contributed by atoms with E-state index in [1.807, 2.05) is 4.90 Å². The second kappa shape index (κ2) is 12.7. The highest BCUT2D eigenvalue weighted by atomic mass is 19.1. The number of halogens is 2. The van der Waals surface area contributed by atoms with Gasteiger partial charge in [0.1, 0.15) is 35.2 Å². The molecule has 3 aliphatic rings. The first-order valence-corrected chi connectivity index (χ1v) is 16.4. The van der Waals surface area contributed by atoms with Gasteiger partial charge >= 0.3 is 6.01 Å². The van der Waals surface area contributed by atoms with Crippen molar-refractivity contribution in [1.29, 1.82) is 0 Å². The molecule has 3 aliphatic heterocycles. The standard InChI is InChI=1S/C36H39F2N5O5/c1-4-25-28(37)8-7-22-15-24(48-21-46-3)16-26(29(22)25)31-30(38)32-27(17-39-31)33(42-13-5-10-35(2,45)19-42)41-34(40-32)47-20-36-11-6-14-43(36)23(18-44)9-12-36/h1,7-8,15-17,23,44-45H,5-6,9-14,18-21H2,2-3H3/t23-,35+,36-/m0/s1. The second-order valence-electron chi connectivity index (χ2n) is 13.4. The third-order valence-corrected chi connectivity index (χ3v) is 10.1. The number of benzene rings is 2. The minimum Gasteiger partial charge on any atom is -0.468 e. The number of methoxy groups -OCH3 is 1. The summed E-state index contributed by atoms with van der Waals surface area (Å²) in [6, 6.07) is 6.15. The number of piperidine rings is 1. The summed E-state index contributed by atoms with van der Waals surface area (Å²) in [5, 5.41) is 22.1. The smallest absolute Gasteiger partial charge is 0.319 e. The van der Waals surface area contributed by atoms with Gasteiger partial charge in [0.2, 0.25) is 0 Å². The molecule has 10 nitrogen and oxygen atoms in total. The highest BCUT2D eigenvalue weighted by Gasteiger charge is 2.49. The average Bonchev–Trinajstić information content (AvgIpc) is 3.65. The van der Waals surface area contributed by atoms with Crippen molar-refractivity contribution in [3.8, 4) is 35.4 Å². The molecule has 12 heteroatoms. The van der Waals surface area contributed by atoms with Gasteiger partial charge in [0.05, 0.1) is 28.7 Å². The third-order valence-electron chi connectivity index (χ3n) is 10.1. The predicted molar refractivity (Wildman–Crippen MR) is 177 cm³/mol. The van der Waals surface area contributed by atoms with Crippen LogP contribution in [0.3, 0.4) is 0 Å². The lowest BCUT2D eigenvalue weighted by Crippen LogP contribution is -2.47. The van der Waals surface area contributed by atoms with Gasteiger partial charge in [0, 0.05) is 43.4 Å². The van der Waals surface area contributed by atoms with E-state index in [4.69, 9.17) is 25.6 Å². The summed E-state index contributed by atoms with van der Waals surface area (Å²) in [5.74, 6) is 1.80. The molecule has 3 fully saturated rings. The molecule has 2 aromatic heterocycles. The molecule has 0 amide bonds. The van der Waals surface area contributed by atoms with Gasteiger partial charge in [-0.3, -0.25) is 9.88 Å². The first-order valence-electron chi connectivity index (χ1n) is 16.4. The van der Waals surface area contributed by atoms with Crippen LogP contribution in [-0.4, -0.2) is 94.0 Å². The fraction of sp³-hybridized carbons (Fsp3) is 0.472. The molecule has 3 atom stereocenters. The summed E-state index contributed by atoms with van der Waals surface area (Å²) in [6.45, 7) is 3.85. The van der Waals surface area contributed by atoms with Crippen molar-refractivity contribution >= 4 is 27.5 Å². The average molecular weight is 660 g/mol. The molecule has 2 aromatic carbocycles. The van der Waals surface area contributed by atoms with E-state index in [-0.39, 0.29) is 59.9 Å². The molecule has 0 aliphatic carbocycles. The number of anilines is 1. The molecule has 2 N–H and O–H groups in total. The maximum Gasteiger partial charge on any atom is 0.319 e. The minimum absolute atomic E-state index is 0.00448. The maximum atomic E-state index is 17.0. The number of ether oxygens (including phenoxy) is 3. The quantitative estimate of drug-likeness (QED) is 0.192. The van der Waals surface area contributed by atoms with E-state index in [1.54, 1.807) is 25.1 Å². The Morgan fingerprint density at radius 2 is 1.94 bits per heavy atom. The van der Waals surface area contributed by atoms with Crippen molar-refractivity contribution in [3.05, 3.63) is 47.7 Å². The third kappa shape index (κ3) is 5.68. The Labute approximate surface area is 277 Å². The Hall–Kier alpha value is -4.15. The molecule has 0 spiro atoms. The van der Waals surface area contributed by atoms with Crippen LogP contribution in [0.15, 0.2) is 30.5 Å². The highest BCUT2D eigenvalue weighted by Crippen LogP contribution is 2.43. The molecular formula is C36H39F2N5O5. The van der Waals surface area contributed by atoms with Gasteiger partial charge in [-0.2, -0.15) is 9.97 Å². The van der Waals surface area contributed by atoms with Crippen molar-refractivity contribution in [2.45, 2.75) is 62.6 Å². The summed E-state index contributed by atoms with van der Waals surface area (Å²) >= 11 is 0. The first-order chi connectivity index (χ1) is 23.2. The number of nitrogens with zero attached hydrogens (tertiary/aromatic N) is 5. The van der Waals surface area contributed by atoms with Crippen molar-refractivity contribution in [3.63, 3.8) is 0 Å². The van der Waals surface area contributed by atoms with Crippen LogP contribution in [-0.2, 0) is 4.74 Å². The van der Waals surface area contributed by atoms with Crippen molar-refractivity contribution in [1.82, 2.24) is 19.9 Å². The Balaban J connectivity index is 1.38. The molecule has 0 bridgehead atoms. The van der Waals surface area contributed by atoms with Crippen LogP contribution in [0.1, 0.15) is 51.0 Å². The fourth-order valence-corrected chi connectivity index (χ4v) is 7.87. The van der Waals surface area contributed by atoms with Crippen LogP contribution in [0, 0.1) is 24.0 Å². The Morgan fingerprint density at radius 1 is 1.10 bits per heavy atom. The van der Waals surface area contributed by atoms with Gasteiger partial charge < -0.3 is 29.3 Å². The molecule has 5 heterocycles. The van der Waals surface area contributed by atoms with Gasteiger partial charge in [0.15, 0.2) is 12.6 Å². The maximum absolute atomic E-state index is 17.0. The first kappa shape index (κ1) is 32.4. The molecule has 3 saturated heterocycles. The van der Waals surface area contributed by atoms with Gasteiger partial charge in [0.25, 0.3) is 0 Å². The fourth-order valence-electron chi connectivity index (χ4n) is 7.87. The summed E-state index contributed by atoms with van der Waals surface area (Å²) in [5.41, 5.74) is -1.13. The molecule has 48 heavy (non-hydrogen) atoms. The van der Waals surface area contributed by atoms with Crippen molar-refractivity contribution in [2.75, 3.05) is 51.7 Å². The lowest BCUT2D eigenvalue weighted by atomic mass is 9.94. The number of hydrogen-bond donors (Lipinski definition) is 2. The van der Waals surface area contributed by atoms with Crippen LogP contribution < -0.4 is 14.4 Å². The Bertz CT molecular complexity index is 1920. The summed E-state index contributed by atoms with van der Waals surface area (Å²) in [4.78, 5) is 18.2. The SMILES string of the molecule is C#Cc1c(F)ccc2cc(OCOC)cc(-c3ncc4c(N5CCC[C@@](C)(O)C5)nc(OC[C@@]56CCCN5[C@H](CO)CC6)nc4c3F)c12. The van der Waals surface area contributed by atoms with Crippen LogP contribution in [0.2, 0.25) is 0 Å². The minimum atomic E-state index is -0.966. The monoisotopic (exact) mass is 659 g/mol. The zero-order valence-corrected chi connectivity index (χ0v) is 27.1. The number of fused-ring (bicyclic) bond motifs is 3. The van der Waals surface area contributed by atoms with E-state index >= 15 is 8.78 Å². The number of pyridine rings is 1. The number of terminal acetylenes is 1. The van der Waals surface area contributed by atoms with Crippen LogP contribution in [0.4, 0.5) is 14.6 Å². The van der Waals surface area contributed by atoms with Crippen molar-refractivity contribution in [2.24, 2.45) is 0 Å². The number of β-amino-alcohol motifs (C(OH)–C–C–N with tert-alkyl or cyclic N) is 1. The van der Waals surface area contributed by atoms with Gasteiger partial charge in [-0.1, -0.05) is 12.0 Å². The predicted octanol–water partition coefficient (Wildman–Crippen LogP) is 4.81. The van der Waals surface area contributed by atoms with Crippen LogP contribution in [0.5, 0.6) is 11.8 Å². The molecule has 7 rings (SSSR count). The largest absolute Gasteiger partial charge is 0.468 e. The van der Waals surface area contributed by atoms with Gasteiger partial charge in [-0.25, -0.2) is 8.78 Å². The number of aromatic nitrogens is 3. The topological polar surface area (TPSA) is 113 Å². The molecule has 0 saturated carbocycles. The zero-order chi connectivity index (χ0) is 33.6. The molecule has 0 unspecified atom stereocenters. The van der Waals surface area contributed by atoms with Crippen molar-refractivity contribution < 1.29 is 33.2 Å². The Kier molecular flexibility index (Phi) is 8.58. The number of hydrogen-bond acceptors (Lipinski definition) is 10. The van der Waals surface area contributed by atoms with Gasteiger partial charge in [-0.05, 0) is 75.6 Å². The summed E-state index contributed by atoms with van der Waals surface area (Å²) in [6.07, 6.45) is 12.3. The van der Waals surface area contributed by atoms with E-state index in [0.29, 0.717) is 53.7 Å². The summed E-state index contributed by atoms with van der Waals surface area (Å²) < 4.78 is 49.1. The number of aliphatic hydroxyl groups is 2. The molecular weight excluding hydrogens is 620 g/mol. The van der Waals surface area contributed by atoms with Gasteiger partial charge in [-0.15, -0.1) is 6.42 Å². The number of rotatable bonds is 9. The van der Waals surface area contributed by atoms with E-state index < -0.39 is 17.2 Å². The summed E-state index contributed by atoms with van der Waals surface area (Å²) in [7, 11) is 1.48. The lowest BCUT2D eigenvalue weighted by Gasteiger charge is -2.38. The van der Waals surface area contributed by atoms with E-state index in [0.717, 1.165) is 32.2 Å². The Morgan fingerprint density at radius 3 is 2.71 bits per heavy atom. The zero-order valence-electron chi connectivity index (χ0n) is 27.1. The molecule has 4 aromatic rings. The van der Waals surface area contributed by atoms with E-state index in [1.165, 1.54) is 19.4 Å². The van der Waals surface area contributed by atoms with E-state index in [9.17, 15) is 10.2 Å². The normalized spacial score (nSPS) is 24.3. The highest BCUT2D eigenvalue weighted by molar-refractivity contribution is 6.03. The van der Waals surface area contributed by atoms with Crippen LogP contribution >= 0.6 is 0 Å². The molecule has 0 radical (unpaired) electrons. The van der Waals surface area contributed by atoms with Crippen LogP contribution in [0.25, 0.3) is 32.9 Å².